The van der Waals surface area contributed by atoms with Crippen molar-refractivity contribution in [2.24, 2.45) is 5.92 Å². The third kappa shape index (κ3) is 3.17. The van der Waals surface area contributed by atoms with Crippen LogP contribution >= 0.6 is 0 Å². The molecular formula is C12H19N3O4S. The number of rotatable bonds is 3. The quantitative estimate of drug-likeness (QED) is 0.821. The van der Waals surface area contributed by atoms with Crippen LogP contribution in [0.15, 0.2) is 9.64 Å². The summed E-state index contributed by atoms with van der Waals surface area (Å²) in [5.41, 5.74) is 0. The number of carbonyl (C=O) groups is 1. The Morgan fingerprint density at radius 1 is 1.30 bits per heavy atom. The van der Waals surface area contributed by atoms with Crippen LogP contribution in [0.3, 0.4) is 0 Å². The predicted molar refractivity (Wildman–Crippen MR) is 70.8 cm³/mol. The van der Waals surface area contributed by atoms with Crippen molar-refractivity contribution in [2.75, 3.05) is 19.3 Å². The SMILES string of the molecule is CC(C)C(=O)N1CCC(c2nnc(S(C)(=O)=O)o2)CC1. The zero-order chi connectivity index (χ0) is 14.9. The molecule has 1 aliphatic heterocycles. The van der Waals surface area contributed by atoms with Gasteiger partial charge in [0.2, 0.25) is 21.6 Å². The first-order chi connectivity index (χ1) is 9.29. The number of sulfone groups is 1. The molecule has 2 heterocycles. The molecule has 0 aliphatic carbocycles. The minimum absolute atomic E-state index is 0.00760. The Labute approximate surface area is 118 Å². The van der Waals surface area contributed by atoms with Crippen molar-refractivity contribution in [3.63, 3.8) is 0 Å². The van der Waals surface area contributed by atoms with E-state index < -0.39 is 9.84 Å². The largest absolute Gasteiger partial charge is 0.412 e. The van der Waals surface area contributed by atoms with Crippen molar-refractivity contribution in [1.29, 1.82) is 0 Å². The van der Waals surface area contributed by atoms with Crippen LogP contribution in [-0.4, -0.2) is 48.8 Å². The number of carbonyl (C=O) groups excluding carboxylic acids is 1. The monoisotopic (exact) mass is 301 g/mol. The standard InChI is InChI=1S/C12H19N3O4S/c1-8(2)11(16)15-6-4-9(5-7-15)10-13-14-12(19-10)20(3,17)18/h8-9H,4-7H2,1-3H3. The Morgan fingerprint density at radius 3 is 2.35 bits per heavy atom. The van der Waals surface area contributed by atoms with Crippen molar-refractivity contribution in [2.45, 2.75) is 37.8 Å². The Hall–Kier alpha value is -1.44. The van der Waals surface area contributed by atoms with E-state index in [-0.39, 0.29) is 23.0 Å². The van der Waals surface area contributed by atoms with E-state index in [1.807, 2.05) is 18.7 Å². The zero-order valence-corrected chi connectivity index (χ0v) is 12.7. The second-order valence-corrected chi connectivity index (χ2v) is 7.33. The van der Waals surface area contributed by atoms with Gasteiger partial charge in [0.25, 0.3) is 0 Å². The average molecular weight is 301 g/mol. The third-order valence-corrected chi connectivity index (χ3v) is 4.19. The van der Waals surface area contributed by atoms with Crippen molar-refractivity contribution < 1.29 is 17.6 Å². The molecule has 0 unspecified atom stereocenters. The number of hydrogen-bond donors (Lipinski definition) is 0. The molecule has 20 heavy (non-hydrogen) atoms. The summed E-state index contributed by atoms with van der Waals surface area (Å²) in [7, 11) is -3.46. The molecule has 0 N–H and O–H groups in total. The summed E-state index contributed by atoms with van der Waals surface area (Å²) in [6.45, 7) is 5.03. The van der Waals surface area contributed by atoms with E-state index in [9.17, 15) is 13.2 Å². The Kier molecular flexibility index (Phi) is 4.12. The van der Waals surface area contributed by atoms with Crippen LogP contribution in [0.2, 0.25) is 0 Å². The van der Waals surface area contributed by atoms with E-state index in [1.54, 1.807) is 0 Å². The third-order valence-electron chi connectivity index (χ3n) is 3.39. The minimum Gasteiger partial charge on any atom is -0.412 e. The van der Waals surface area contributed by atoms with Crippen LogP contribution in [-0.2, 0) is 14.6 Å². The molecule has 1 fully saturated rings. The highest BCUT2D eigenvalue weighted by Gasteiger charge is 2.29. The maximum Gasteiger partial charge on any atom is 0.335 e. The van der Waals surface area contributed by atoms with Crippen LogP contribution in [0, 0.1) is 5.92 Å². The van der Waals surface area contributed by atoms with Crippen molar-refractivity contribution >= 4 is 15.7 Å². The highest BCUT2D eigenvalue weighted by Crippen LogP contribution is 2.28. The molecule has 1 aromatic rings. The van der Waals surface area contributed by atoms with Crippen LogP contribution in [0.1, 0.15) is 38.5 Å². The van der Waals surface area contributed by atoms with Gasteiger partial charge in [-0.1, -0.05) is 18.9 Å². The van der Waals surface area contributed by atoms with Gasteiger partial charge in [0.05, 0.1) is 0 Å². The minimum atomic E-state index is -3.46. The average Bonchev–Trinajstić information content (AvgIpc) is 2.87. The first-order valence-electron chi connectivity index (χ1n) is 6.61. The summed E-state index contributed by atoms with van der Waals surface area (Å²) in [6.07, 6.45) is 2.46. The molecule has 7 nitrogen and oxygen atoms in total. The summed E-state index contributed by atoms with van der Waals surface area (Å²) >= 11 is 0. The molecule has 1 saturated heterocycles. The normalized spacial score (nSPS) is 17.7. The van der Waals surface area contributed by atoms with E-state index >= 15 is 0 Å². The number of likely N-dealkylation sites (tertiary alicyclic amines) is 1. The number of amides is 1. The van der Waals surface area contributed by atoms with E-state index in [4.69, 9.17) is 4.42 Å². The van der Waals surface area contributed by atoms with E-state index in [0.717, 1.165) is 6.26 Å². The Bertz CT molecular complexity index is 586. The number of hydrogen-bond acceptors (Lipinski definition) is 6. The highest BCUT2D eigenvalue weighted by atomic mass is 32.2. The van der Waals surface area contributed by atoms with Crippen molar-refractivity contribution in [3.05, 3.63) is 5.89 Å². The predicted octanol–water partition coefficient (Wildman–Crippen LogP) is 0.835. The molecule has 0 radical (unpaired) electrons. The summed E-state index contributed by atoms with van der Waals surface area (Å²) in [6, 6.07) is 0. The van der Waals surface area contributed by atoms with Gasteiger partial charge in [-0.05, 0) is 12.8 Å². The first kappa shape index (κ1) is 15.0. The van der Waals surface area contributed by atoms with Gasteiger partial charge in [0, 0.05) is 31.2 Å². The van der Waals surface area contributed by atoms with Gasteiger partial charge in [-0.3, -0.25) is 4.79 Å². The van der Waals surface area contributed by atoms with Gasteiger partial charge >= 0.3 is 5.22 Å². The molecule has 2 rings (SSSR count). The molecule has 1 aliphatic rings. The lowest BCUT2D eigenvalue weighted by molar-refractivity contribution is -0.135. The lowest BCUT2D eigenvalue weighted by atomic mass is 9.96. The second-order valence-electron chi connectivity index (χ2n) is 5.43. The number of aromatic nitrogens is 2. The number of piperidine rings is 1. The van der Waals surface area contributed by atoms with Crippen LogP contribution in [0.25, 0.3) is 0 Å². The molecule has 112 valence electrons. The van der Waals surface area contributed by atoms with Crippen LogP contribution in [0.5, 0.6) is 0 Å². The number of nitrogens with zero attached hydrogens (tertiary/aromatic N) is 3. The summed E-state index contributed by atoms with van der Waals surface area (Å²) in [4.78, 5) is 13.7. The lowest BCUT2D eigenvalue weighted by Crippen LogP contribution is -2.40. The fourth-order valence-electron chi connectivity index (χ4n) is 2.25. The molecule has 8 heteroatoms. The molecule has 0 saturated carbocycles. The van der Waals surface area contributed by atoms with Crippen LogP contribution in [0.4, 0.5) is 0 Å². The van der Waals surface area contributed by atoms with E-state index in [2.05, 4.69) is 10.2 Å². The molecule has 1 amide bonds. The van der Waals surface area contributed by atoms with E-state index in [1.165, 1.54) is 0 Å². The smallest absolute Gasteiger partial charge is 0.335 e. The summed E-state index contributed by atoms with van der Waals surface area (Å²) in [5, 5.41) is 7.03. The maximum atomic E-state index is 11.9. The van der Waals surface area contributed by atoms with Gasteiger partial charge in [0.15, 0.2) is 0 Å². The zero-order valence-electron chi connectivity index (χ0n) is 11.9. The second kappa shape index (κ2) is 5.51. The fraction of sp³-hybridized carbons (Fsp3) is 0.750. The maximum absolute atomic E-state index is 11.9. The Balaban J connectivity index is 2.01. The van der Waals surface area contributed by atoms with E-state index in [0.29, 0.717) is 31.8 Å². The Morgan fingerprint density at radius 2 is 1.90 bits per heavy atom. The van der Waals surface area contributed by atoms with Gasteiger partial charge in [0.1, 0.15) is 0 Å². The molecule has 0 bridgehead atoms. The van der Waals surface area contributed by atoms with Crippen LogP contribution < -0.4 is 0 Å². The molecule has 0 spiro atoms. The van der Waals surface area contributed by atoms with Gasteiger partial charge in [-0.2, -0.15) is 0 Å². The van der Waals surface area contributed by atoms with Crippen molar-refractivity contribution in [1.82, 2.24) is 15.1 Å². The van der Waals surface area contributed by atoms with Gasteiger partial charge < -0.3 is 9.32 Å². The van der Waals surface area contributed by atoms with Crippen molar-refractivity contribution in [3.8, 4) is 0 Å². The van der Waals surface area contributed by atoms with Gasteiger partial charge in [-0.25, -0.2) is 8.42 Å². The molecular weight excluding hydrogens is 282 g/mol. The topological polar surface area (TPSA) is 93.4 Å². The lowest BCUT2D eigenvalue weighted by Gasteiger charge is -2.31. The van der Waals surface area contributed by atoms with Gasteiger partial charge in [-0.15, -0.1) is 5.10 Å². The highest BCUT2D eigenvalue weighted by molar-refractivity contribution is 7.90. The summed E-state index contributed by atoms with van der Waals surface area (Å²) in [5.74, 6) is 0.508. The molecule has 1 aromatic heterocycles. The molecule has 0 atom stereocenters. The summed E-state index contributed by atoms with van der Waals surface area (Å²) < 4.78 is 27.8. The fourth-order valence-corrected chi connectivity index (χ4v) is 2.67. The molecule has 0 aromatic carbocycles. The first-order valence-corrected chi connectivity index (χ1v) is 8.50.